The lowest BCUT2D eigenvalue weighted by Gasteiger charge is -2.19. The van der Waals surface area contributed by atoms with Crippen LogP contribution in [0.4, 0.5) is 47.3 Å². The minimum Gasteiger partial charge on any atom is -0.398 e. The number of hydrogen-bond donors (Lipinski definition) is 2. The molecule has 6 rings (SSSR count). The smallest absolute Gasteiger partial charge is 0.398 e. The maximum atomic E-state index is 12.4. The van der Waals surface area contributed by atoms with Gasteiger partial charge in [0.05, 0.1) is 28.1 Å². The molecule has 0 fully saturated rings. The highest BCUT2D eigenvalue weighted by atomic mass is 32.2. The number of halogens is 3. The van der Waals surface area contributed by atoms with Crippen molar-refractivity contribution in [1.82, 2.24) is 0 Å². The van der Waals surface area contributed by atoms with Gasteiger partial charge < -0.3 is 15.2 Å². The van der Waals surface area contributed by atoms with Gasteiger partial charge in [0.25, 0.3) is 5.69 Å². The maximum absolute atomic E-state index is 12.4. The molecular formula is C52H61F3N6O7S. The number of nitrogens with one attached hydrogen (secondary N) is 1. The average molecular weight is 971 g/mol. The molecule has 0 saturated carbocycles. The zero-order valence-corrected chi connectivity index (χ0v) is 39.3. The summed E-state index contributed by atoms with van der Waals surface area (Å²) >= 11 is 0. The Morgan fingerprint density at radius 3 is 1.65 bits per heavy atom. The van der Waals surface area contributed by atoms with Gasteiger partial charge in [-0.3, -0.25) is 20.2 Å². The first-order valence-electron chi connectivity index (χ1n) is 21.3. The van der Waals surface area contributed by atoms with Gasteiger partial charge in [-0.2, -0.15) is 26.9 Å². The standard InChI is InChI=1S/C24H25N3O2.C15H22N2.C11H6F3NO5S.2CH4/c1-15(2)12-18-13-22(25-5)20(16(3)4)14-21(18)26-24-19-9-7-6-8-17(19)10-11-23(24)27(28)29;1-10(2)5-13-7-12(9-16)8-14(15(13)17)6-11(3)4;12-11(13,14)21(18,19)20-10-8-4-2-1-3-7(8)5-6-9(10)15(16)17;;/h6-11,13-16,26H,12H2,1-4H3;7-8,10-11H,5-6,17H2,1-4H3;1-6H;2*1H4. The van der Waals surface area contributed by atoms with Crippen molar-refractivity contribution < 1.29 is 35.6 Å². The molecule has 69 heavy (non-hydrogen) atoms. The topological polar surface area (TPSA) is 196 Å². The Kier molecular flexibility index (Phi) is 20.7. The Morgan fingerprint density at radius 2 is 1.20 bits per heavy atom. The van der Waals surface area contributed by atoms with Crippen molar-refractivity contribution in [3.63, 3.8) is 0 Å². The molecule has 0 aliphatic rings. The van der Waals surface area contributed by atoms with Crippen molar-refractivity contribution in [2.45, 2.75) is 101 Å². The van der Waals surface area contributed by atoms with Crippen LogP contribution in [-0.4, -0.2) is 23.8 Å². The molecule has 0 bridgehead atoms. The lowest BCUT2D eigenvalue weighted by atomic mass is 9.92. The van der Waals surface area contributed by atoms with Crippen molar-refractivity contribution in [3.8, 4) is 11.8 Å². The van der Waals surface area contributed by atoms with Gasteiger partial charge in [0.15, 0.2) is 5.69 Å². The van der Waals surface area contributed by atoms with Gasteiger partial charge in [0, 0.05) is 34.3 Å². The first-order valence-corrected chi connectivity index (χ1v) is 22.7. The highest BCUT2D eigenvalue weighted by molar-refractivity contribution is 7.88. The van der Waals surface area contributed by atoms with Gasteiger partial charge in [0.2, 0.25) is 5.75 Å². The maximum Gasteiger partial charge on any atom is 0.534 e. The number of nitrogens with zero attached hydrogens (tertiary/aromatic N) is 4. The summed E-state index contributed by atoms with van der Waals surface area (Å²) in [5, 5.41) is 36.9. The fraction of sp³-hybridized carbons (Fsp3) is 0.346. The minimum absolute atomic E-state index is 0. The van der Waals surface area contributed by atoms with Gasteiger partial charge in [-0.15, -0.1) is 0 Å². The molecule has 6 aromatic carbocycles. The van der Waals surface area contributed by atoms with Crippen LogP contribution in [0.25, 0.3) is 26.4 Å². The first-order chi connectivity index (χ1) is 31.4. The lowest BCUT2D eigenvalue weighted by molar-refractivity contribution is -0.385. The van der Waals surface area contributed by atoms with Crippen LogP contribution in [-0.2, 0) is 29.4 Å². The third-order valence-corrected chi connectivity index (χ3v) is 11.2. The van der Waals surface area contributed by atoms with E-state index in [9.17, 15) is 41.8 Å². The molecule has 0 amide bonds. The van der Waals surface area contributed by atoms with E-state index >= 15 is 0 Å². The molecule has 0 aliphatic carbocycles. The molecule has 368 valence electrons. The number of alkyl halides is 3. The van der Waals surface area contributed by atoms with Crippen molar-refractivity contribution in [2.24, 2.45) is 17.8 Å². The number of nitrogen functional groups attached to an aromatic ring is 1. The summed E-state index contributed by atoms with van der Waals surface area (Å²) in [6.45, 7) is 24.6. The molecule has 17 heteroatoms. The van der Waals surface area contributed by atoms with E-state index in [0.29, 0.717) is 34.5 Å². The molecule has 0 atom stereocenters. The third-order valence-electron chi connectivity index (χ3n) is 10.3. The number of benzene rings is 6. The van der Waals surface area contributed by atoms with Crippen molar-refractivity contribution in [2.75, 3.05) is 11.1 Å². The summed E-state index contributed by atoms with van der Waals surface area (Å²) in [5.74, 6) is 0.712. The Balaban J connectivity index is 0.000000364. The highest BCUT2D eigenvalue weighted by Gasteiger charge is 2.49. The fourth-order valence-corrected chi connectivity index (χ4v) is 7.78. The van der Waals surface area contributed by atoms with Crippen LogP contribution in [0.15, 0.2) is 97.1 Å². The molecule has 0 radical (unpaired) electrons. The predicted molar refractivity (Wildman–Crippen MR) is 272 cm³/mol. The average Bonchev–Trinajstić information content (AvgIpc) is 3.24. The minimum atomic E-state index is -6.00. The van der Waals surface area contributed by atoms with E-state index in [1.165, 1.54) is 30.3 Å². The molecule has 13 nitrogen and oxygen atoms in total. The summed E-state index contributed by atoms with van der Waals surface area (Å²) in [4.78, 5) is 24.9. The van der Waals surface area contributed by atoms with Crippen molar-refractivity contribution in [1.29, 1.82) is 5.26 Å². The van der Waals surface area contributed by atoms with E-state index in [1.54, 1.807) is 12.1 Å². The second-order valence-electron chi connectivity index (χ2n) is 17.4. The van der Waals surface area contributed by atoms with Gasteiger partial charge in [-0.25, -0.2) is 4.85 Å². The Bertz CT molecular complexity index is 2950. The molecule has 0 aliphatic heterocycles. The number of nitro benzene ring substituents is 2. The normalized spacial score (nSPS) is 11.1. The number of fused-ring (bicyclic) bond motifs is 2. The highest BCUT2D eigenvalue weighted by Crippen LogP contribution is 2.41. The van der Waals surface area contributed by atoms with Gasteiger partial charge >= 0.3 is 21.3 Å². The second-order valence-corrected chi connectivity index (χ2v) is 18.9. The fourth-order valence-electron chi connectivity index (χ4n) is 7.29. The molecule has 0 saturated heterocycles. The number of nitro groups is 2. The van der Waals surface area contributed by atoms with Gasteiger partial charge in [0.1, 0.15) is 5.69 Å². The van der Waals surface area contributed by atoms with Crippen molar-refractivity contribution in [3.05, 3.63) is 157 Å². The van der Waals surface area contributed by atoms with E-state index in [-0.39, 0.29) is 36.8 Å². The molecule has 0 aromatic heterocycles. The number of rotatable bonds is 13. The van der Waals surface area contributed by atoms with Crippen LogP contribution < -0.4 is 15.2 Å². The molecule has 6 aromatic rings. The Labute approximate surface area is 403 Å². The van der Waals surface area contributed by atoms with Crippen LogP contribution in [0.2, 0.25) is 0 Å². The number of nitriles is 1. The Hall–Kier alpha value is -7.24. The van der Waals surface area contributed by atoms with E-state index in [1.807, 2.05) is 48.5 Å². The van der Waals surface area contributed by atoms with E-state index < -0.39 is 32.0 Å². The molecule has 3 N–H and O–H groups in total. The largest absolute Gasteiger partial charge is 0.534 e. The van der Waals surface area contributed by atoms with E-state index in [4.69, 9.17) is 17.6 Å². The van der Waals surface area contributed by atoms with Crippen LogP contribution in [0.3, 0.4) is 0 Å². The van der Waals surface area contributed by atoms with Crippen LogP contribution in [0.1, 0.15) is 104 Å². The van der Waals surface area contributed by atoms with Crippen LogP contribution >= 0.6 is 0 Å². The first kappa shape index (κ1) is 57.9. The van der Waals surface area contributed by atoms with Gasteiger partial charge in [-0.05, 0) is 106 Å². The van der Waals surface area contributed by atoms with Gasteiger partial charge in [-0.1, -0.05) is 125 Å². The van der Waals surface area contributed by atoms with E-state index in [0.717, 1.165) is 75.3 Å². The van der Waals surface area contributed by atoms with Crippen molar-refractivity contribution >= 4 is 65.8 Å². The van der Waals surface area contributed by atoms with Crippen LogP contribution in [0.5, 0.6) is 5.75 Å². The molecular weight excluding hydrogens is 910 g/mol. The Morgan fingerprint density at radius 1 is 0.739 bits per heavy atom. The molecule has 0 unspecified atom stereocenters. The summed E-state index contributed by atoms with van der Waals surface area (Å²) < 4.78 is 63.2. The predicted octanol–water partition coefficient (Wildman–Crippen LogP) is 15.2. The summed E-state index contributed by atoms with van der Waals surface area (Å²) in [5.41, 5.74) is 7.43. The van der Waals surface area contributed by atoms with Crippen LogP contribution in [0, 0.1) is 55.9 Å². The summed E-state index contributed by atoms with van der Waals surface area (Å²) in [7, 11) is -6.00. The number of nitrogens with two attached hydrogens (primary N) is 1. The van der Waals surface area contributed by atoms with E-state index in [2.05, 4.69) is 75.8 Å². The zero-order valence-electron chi connectivity index (χ0n) is 38.4. The quantitative estimate of drug-likeness (QED) is 0.0281. The number of hydrogen-bond acceptors (Lipinski definition) is 10. The second kappa shape index (κ2) is 24.7. The SMILES string of the molecule is C.C.CC(C)Cc1cc(C#N)cc(CC(C)C)c1N.O=[N+]([O-])c1ccc2ccccc2c1OS(=O)(=O)C(F)(F)F.[C-]#[N+]c1cc(CC(C)C)c(Nc2c([N+](=O)[O-])ccc3ccccc23)cc1C(C)C. The molecule has 0 heterocycles. The molecule has 0 spiro atoms. The third kappa shape index (κ3) is 14.9. The monoisotopic (exact) mass is 970 g/mol. The lowest BCUT2D eigenvalue weighted by Crippen LogP contribution is -2.28. The number of anilines is 3. The zero-order chi connectivity index (χ0) is 50.0. The summed E-state index contributed by atoms with van der Waals surface area (Å²) in [6.07, 6.45) is 2.65. The summed E-state index contributed by atoms with van der Waals surface area (Å²) in [6, 6.07) is 28.7.